The first-order valence-corrected chi connectivity index (χ1v) is 7.30. The van der Waals surface area contributed by atoms with Crippen molar-refractivity contribution in [1.82, 2.24) is 5.32 Å². The van der Waals surface area contributed by atoms with E-state index in [9.17, 15) is 4.79 Å². The number of carbonyl (C=O) groups is 1. The van der Waals surface area contributed by atoms with Crippen molar-refractivity contribution in [3.05, 3.63) is 59.7 Å². The van der Waals surface area contributed by atoms with E-state index in [1.165, 1.54) is 0 Å². The van der Waals surface area contributed by atoms with Gasteiger partial charge in [-0.15, -0.1) is 0 Å². The molecule has 0 radical (unpaired) electrons. The van der Waals surface area contributed by atoms with Crippen LogP contribution in [0.4, 0.5) is 5.69 Å². The van der Waals surface area contributed by atoms with Crippen molar-refractivity contribution >= 4 is 11.6 Å². The van der Waals surface area contributed by atoms with Crippen molar-refractivity contribution in [1.29, 1.82) is 5.26 Å². The van der Waals surface area contributed by atoms with Gasteiger partial charge in [-0.25, -0.2) is 0 Å². The summed E-state index contributed by atoms with van der Waals surface area (Å²) in [5.41, 5.74) is 2.22. The molecule has 5 heteroatoms. The maximum atomic E-state index is 12.1. The highest BCUT2D eigenvalue weighted by molar-refractivity contribution is 5.81. The van der Waals surface area contributed by atoms with Gasteiger partial charge in [-0.2, -0.15) is 5.26 Å². The molecule has 0 bridgehead atoms. The lowest BCUT2D eigenvalue weighted by molar-refractivity contribution is -0.120. The van der Waals surface area contributed by atoms with Gasteiger partial charge in [0, 0.05) is 11.3 Å². The highest BCUT2D eigenvalue weighted by Crippen LogP contribution is 2.24. The van der Waals surface area contributed by atoms with Gasteiger partial charge in [0.05, 0.1) is 31.3 Å². The molecule has 2 N–H and O–H groups in total. The highest BCUT2D eigenvalue weighted by atomic mass is 16.5. The van der Waals surface area contributed by atoms with E-state index in [-0.39, 0.29) is 18.5 Å². The number of carbonyl (C=O) groups excluding carboxylic acids is 1. The van der Waals surface area contributed by atoms with Crippen molar-refractivity contribution in [2.75, 3.05) is 19.0 Å². The smallest absolute Gasteiger partial charge is 0.239 e. The van der Waals surface area contributed by atoms with Gasteiger partial charge in [-0.05, 0) is 31.2 Å². The maximum absolute atomic E-state index is 12.1. The number of para-hydroxylation sites is 1. The number of nitriles is 1. The van der Waals surface area contributed by atoms with E-state index in [0.29, 0.717) is 5.56 Å². The first kappa shape index (κ1) is 16.4. The molecule has 0 saturated heterocycles. The van der Waals surface area contributed by atoms with Gasteiger partial charge in [-0.1, -0.05) is 24.3 Å². The zero-order valence-electron chi connectivity index (χ0n) is 13.2. The molecule has 5 nitrogen and oxygen atoms in total. The summed E-state index contributed by atoms with van der Waals surface area (Å²) < 4.78 is 5.31. The summed E-state index contributed by atoms with van der Waals surface area (Å²) in [6, 6.07) is 16.5. The molecule has 118 valence electrons. The van der Waals surface area contributed by atoms with Gasteiger partial charge >= 0.3 is 0 Å². The monoisotopic (exact) mass is 309 g/mol. The molecular formula is C18H19N3O2. The number of rotatable bonds is 6. The lowest BCUT2D eigenvalue weighted by atomic mass is 10.1. The Hall–Kier alpha value is -3.00. The average Bonchev–Trinajstić information content (AvgIpc) is 2.60. The van der Waals surface area contributed by atoms with Crippen molar-refractivity contribution in [3.8, 4) is 11.8 Å². The molecule has 23 heavy (non-hydrogen) atoms. The van der Waals surface area contributed by atoms with Crippen LogP contribution >= 0.6 is 0 Å². The molecule has 0 aromatic heterocycles. The SMILES string of the molecule is COc1ccccc1C(C)NC(=O)CNc1cccc(C#N)c1. The fourth-order valence-corrected chi connectivity index (χ4v) is 2.28. The van der Waals surface area contributed by atoms with E-state index in [0.717, 1.165) is 17.0 Å². The lowest BCUT2D eigenvalue weighted by Gasteiger charge is -2.17. The van der Waals surface area contributed by atoms with Gasteiger partial charge in [0.2, 0.25) is 5.91 Å². The molecule has 1 atom stereocenters. The average molecular weight is 309 g/mol. The van der Waals surface area contributed by atoms with Crippen LogP contribution in [-0.2, 0) is 4.79 Å². The van der Waals surface area contributed by atoms with E-state index in [4.69, 9.17) is 10.00 Å². The van der Waals surface area contributed by atoms with E-state index in [1.54, 1.807) is 25.3 Å². The summed E-state index contributed by atoms with van der Waals surface area (Å²) in [5, 5.41) is 14.8. The molecule has 2 aromatic rings. The number of hydrogen-bond donors (Lipinski definition) is 2. The summed E-state index contributed by atoms with van der Waals surface area (Å²) in [7, 11) is 1.61. The van der Waals surface area contributed by atoms with E-state index in [1.807, 2.05) is 37.3 Å². The fraction of sp³-hybridized carbons (Fsp3) is 0.222. The highest BCUT2D eigenvalue weighted by Gasteiger charge is 2.13. The van der Waals surface area contributed by atoms with Crippen LogP contribution in [0.1, 0.15) is 24.1 Å². The molecule has 1 unspecified atom stereocenters. The number of hydrogen-bond acceptors (Lipinski definition) is 4. The zero-order chi connectivity index (χ0) is 16.7. The third-order valence-electron chi connectivity index (χ3n) is 3.43. The Morgan fingerprint density at radius 3 is 2.78 bits per heavy atom. The third-order valence-corrected chi connectivity index (χ3v) is 3.43. The molecule has 0 fully saturated rings. The van der Waals surface area contributed by atoms with Crippen LogP contribution in [0.15, 0.2) is 48.5 Å². The molecule has 2 rings (SSSR count). The Balaban J connectivity index is 1.93. The number of benzene rings is 2. The second-order valence-corrected chi connectivity index (χ2v) is 5.08. The Kier molecular flexibility index (Phi) is 5.59. The largest absolute Gasteiger partial charge is 0.496 e. The molecule has 0 saturated carbocycles. The molecule has 0 aliphatic heterocycles. The van der Waals surface area contributed by atoms with Crippen LogP contribution in [0.25, 0.3) is 0 Å². The number of methoxy groups -OCH3 is 1. The molecule has 0 spiro atoms. The number of nitrogens with zero attached hydrogens (tertiary/aromatic N) is 1. The van der Waals surface area contributed by atoms with Gasteiger partial charge < -0.3 is 15.4 Å². The Labute approximate surface area is 135 Å². The quantitative estimate of drug-likeness (QED) is 0.860. The molecule has 0 aliphatic carbocycles. The standard InChI is InChI=1S/C18H19N3O2/c1-13(16-8-3-4-9-17(16)23-2)21-18(22)12-20-15-7-5-6-14(10-15)11-19/h3-10,13,20H,12H2,1-2H3,(H,21,22). The number of ether oxygens (including phenoxy) is 1. The van der Waals surface area contributed by atoms with E-state index < -0.39 is 0 Å². The van der Waals surface area contributed by atoms with Gasteiger partial charge in [0.1, 0.15) is 5.75 Å². The van der Waals surface area contributed by atoms with Crippen molar-refractivity contribution in [2.24, 2.45) is 0 Å². The summed E-state index contributed by atoms with van der Waals surface area (Å²) in [6.07, 6.45) is 0. The Morgan fingerprint density at radius 1 is 1.26 bits per heavy atom. The summed E-state index contributed by atoms with van der Waals surface area (Å²) in [5.74, 6) is 0.612. The molecule has 2 aromatic carbocycles. The minimum absolute atomic E-state index is 0.133. The third kappa shape index (κ3) is 4.48. The lowest BCUT2D eigenvalue weighted by Crippen LogP contribution is -2.32. The van der Waals surface area contributed by atoms with Gasteiger partial charge in [0.25, 0.3) is 0 Å². The van der Waals surface area contributed by atoms with Gasteiger partial charge in [0.15, 0.2) is 0 Å². The van der Waals surface area contributed by atoms with E-state index in [2.05, 4.69) is 16.7 Å². The molecule has 1 amide bonds. The van der Waals surface area contributed by atoms with Gasteiger partial charge in [-0.3, -0.25) is 4.79 Å². The van der Waals surface area contributed by atoms with Crippen LogP contribution in [0, 0.1) is 11.3 Å². The predicted molar refractivity (Wildman–Crippen MR) is 89.2 cm³/mol. The minimum atomic E-state index is -0.161. The van der Waals surface area contributed by atoms with Crippen LogP contribution < -0.4 is 15.4 Å². The van der Waals surface area contributed by atoms with E-state index >= 15 is 0 Å². The second-order valence-electron chi connectivity index (χ2n) is 5.08. The van der Waals surface area contributed by atoms with Crippen molar-refractivity contribution in [3.63, 3.8) is 0 Å². The topological polar surface area (TPSA) is 74.2 Å². The molecule has 0 aliphatic rings. The second kappa shape index (κ2) is 7.85. The Bertz CT molecular complexity index is 722. The number of amides is 1. The Morgan fingerprint density at radius 2 is 2.04 bits per heavy atom. The van der Waals surface area contributed by atoms with Crippen molar-refractivity contribution < 1.29 is 9.53 Å². The first-order chi connectivity index (χ1) is 11.1. The number of anilines is 1. The molecule has 0 heterocycles. The van der Waals surface area contributed by atoms with Crippen LogP contribution in [0.3, 0.4) is 0 Å². The number of nitrogens with one attached hydrogen (secondary N) is 2. The summed E-state index contributed by atoms with van der Waals surface area (Å²) in [4.78, 5) is 12.1. The minimum Gasteiger partial charge on any atom is -0.496 e. The maximum Gasteiger partial charge on any atom is 0.239 e. The normalized spacial score (nSPS) is 11.2. The van der Waals surface area contributed by atoms with Crippen LogP contribution in [-0.4, -0.2) is 19.6 Å². The molecular weight excluding hydrogens is 290 g/mol. The zero-order valence-corrected chi connectivity index (χ0v) is 13.2. The van der Waals surface area contributed by atoms with Crippen LogP contribution in [0.5, 0.6) is 5.75 Å². The van der Waals surface area contributed by atoms with Crippen LogP contribution in [0.2, 0.25) is 0 Å². The first-order valence-electron chi connectivity index (χ1n) is 7.30. The predicted octanol–water partition coefficient (Wildman–Crippen LogP) is 2.86. The van der Waals surface area contributed by atoms with Crippen molar-refractivity contribution in [2.45, 2.75) is 13.0 Å². The fourth-order valence-electron chi connectivity index (χ4n) is 2.28. The summed E-state index contributed by atoms with van der Waals surface area (Å²) >= 11 is 0. The summed E-state index contributed by atoms with van der Waals surface area (Å²) in [6.45, 7) is 2.04.